The fourth-order valence-corrected chi connectivity index (χ4v) is 4.66. The number of piperazine rings is 1. The Balaban J connectivity index is 1.72. The Bertz CT molecular complexity index is 1010. The first-order valence-corrected chi connectivity index (χ1v) is 12.3. The molecule has 0 bridgehead atoms. The number of carbonyl (C=O) groups is 2. The number of anilines is 1. The Morgan fingerprint density at radius 1 is 0.933 bits per heavy atom. The lowest BCUT2D eigenvalue weighted by Gasteiger charge is -2.34. The van der Waals surface area contributed by atoms with E-state index in [2.05, 4.69) is 4.72 Å². The van der Waals surface area contributed by atoms with Gasteiger partial charge >= 0.3 is 0 Å². The molecule has 2 atom stereocenters. The number of rotatable bonds is 5. The Hall–Kier alpha value is -2.23. The van der Waals surface area contributed by atoms with Gasteiger partial charge in [0.05, 0.1) is 15.5 Å². The first kappa shape index (κ1) is 22.5. The van der Waals surface area contributed by atoms with Crippen LogP contribution in [0.1, 0.15) is 17.3 Å². The smallest absolute Gasteiger partial charge is 0.255 e. The second kappa shape index (κ2) is 9.72. The highest BCUT2D eigenvalue weighted by Crippen LogP contribution is 2.23. The molecule has 1 aliphatic rings. The fraction of sp³-hybridized carbons (Fsp3) is 0.300. The number of halogens is 1. The molecule has 0 aromatic heterocycles. The molecule has 1 N–H and O–H groups in total. The summed E-state index contributed by atoms with van der Waals surface area (Å²) < 4.78 is 27.1. The molecule has 0 saturated carbocycles. The van der Waals surface area contributed by atoms with Gasteiger partial charge < -0.3 is 14.5 Å². The van der Waals surface area contributed by atoms with E-state index in [0.29, 0.717) is 41.7 Å². The van der Waals surface area contributed by atoms with E-state index in [0.717, 1.165) is 0 Å². The van der Waals surface area contributed by atoms with Crippen molar-refractivity contribution in [1.29, 1.82) is 0 Å². The molecule has 1 aliphatic heterocycles. The minimum Gasteiger partial charge on any atom is -0.339 e. The van der Waals surface area contributed by atoms with Gasteiger partial charge in [0.15, 0.2) is 0 Å². The number of amides is 2. The Morgan fingerprint density at radius 2 is 1.50 bits per heavy atom. The first-order chi connectivity index (χ1) is 14.3. The van der Waals surface area contributed by atoms with Crippen LogP contribution >= 0.6 is 11.6 Å². The molecule has 2 amide bonds. The van der Waals surface area contributed by atoms with Crippen LogP contribution in [-0.4, -0.2) is 62.5 Å². The van der Waals surface area contributed by atoms with Gasteiger partial charge in [0, 0.05) is 60.7 Å². The van der Waals surface area contributed by atoms with Crippen molar-refractivity contribution in [2.45, 2.75) is 16.7 Å². The standard InChI is InChI=1S/C20H22ClN3O4S2/c1-14(25)23-9-11-24(12-10-23)20(26)18-13-17(7-8-19(18)21)30(28)22-15-3-5-16(6-4-15)29(2)27/h3-8,13,22H,9-12H2,1-2H3. The Labute approximate surface area is 185 Å². The lowest BCUT2D eigenvalue weighted by Crippen LogP contribution is -2.50. The number of benzene rings is 2. The summed E-state index contributed by atoms with van der Waals surface area (Å²) in [6, 6.07) is 11.5. The Kier molecular flexibility index (Phi) is 7.27. The average Bonchev–Trinajstić information content (AvgIpc) is 2.74. The minimum atomic E-state index is -1.61. The number of nitrogens with zero attached hydrogens (tertiary/aromatic N) is 2. The molecule has 0 radical (unpaired) electrons. The zero-order valence-electron chi connectivity index (χ0n) is 16.6. The summed E-state index contributed by atoms with van der Waals surface area (Å²) >= 11 is 6.24. The molecule has 2 aromatic rings. The zero-order chi connectivity index (χ0) is 21.8. The maximum atomic E-state index is 12.9. The predicted octanol–water partition coefficient (Wildman–Crippen LogP) is 2.52. The lowest BCUT2D eigenvalue weighted by atomic mass is 10.1. The fourth-order valence-electron chi connectivity index (χ4n) is 3.06. The van der Waals surface area contributed by atoms with Gasteiger partial charge in [-0.05, 0) is 42.5 Å². The van der Waals surface area contributed by atoms with Crippen molar-refractivity contribution in [1.82, 2.24) is 9.80 Å². The van der Waals surface area contributed by atoms with Gasteiger partial charge in [-0.3, -0.25) is 13.8 Å². The summed E-state index contributed by atoms with van der Waals surface area (Å²) in [6.45, 7) is 3.31. The number of hydrogen-bond acceptors (Lipinski definition) is 4. The van der Waals surface area contributed by atoms with Crippen molar-refractivity contribution in [2.75, 3.05) is 37.2 Å². The number of nitrogens with one attached hydrogen (secondary N) is 1. The van der Waals surface area contributed by atoms with Crippen LogP contribution in [0, 0.1) is 0 Å². The van der Waals surface area contributed by atoms with Gasteiger partial charge in [0.25, 0.3) is 5.91 Å². The zero-order valence-corrected chi connectivity index (χ0v) is 19.0. The molecule has 2 aromatic carbocycles. The monoisotopic (exact) mass is 467 g/mol. The van der Waals surface area contributed by atoms with Crippen molar-refractivity contribution in [3.63, 3.8) is 0 Å². The summed E-state index contributed by atoms with van der Waals surface area (Å²) in [5.41, 5.74) is 0.878. The lowest BCUT2D eigenvalue weighted by molar-refractivity contribution is -0.130. The average molecular weight is 468 g/mol. The quantitative estimate of drug-likeness (QED) is 0.732. The minimum absolute atomic E-state index is 0.0122. The molecule has 3 rings (SSSR count). The van der Waals surface area contributed by atoms with Crippen LogP contribution in [-0.2, 0) is 26.6 Å². The largest absolute Gasteiger partial charge is 0.339 e. The molecule has 1 heterocycles. The molecule has 0 spiro atoms. The maximum Gasteiger partial charge on any atom is 0.255 e. The molecule has 0 aliphatic carbocycles. The highest BCUT2D eigenvalue weighted by Gasteiger charge is 2.25. The van der Waals surface area contributed by atoms with E-state index in [1.807, 2.05) is 0 Å². The van der Waals surface area contributed by atoms with Crippen molar-refractivity contribution in [2.24, 2.45) is 0 Å². The maximum absolute atomic E-state index is 12.9. The summed E-state index contributed by atoms with van der Waals surface area (Å²) in [4.78, 5) is 28.8. The van der Waals surface area contributed by atoms with Crippen LogP contribution in [0.4, 0.5) is 5.69 Å². The number of carbonyl (C=O) groups excluding carboxylic acids is 2. The Morgan fingerprint density at radius 3 is 2.07 bits per heavy atom. The van der Waals surface area contributed by atoms with Gasteiger partial charge in [-0.25, -0.2) is 4.21 Å². The third kappa shape index (κ3) is 5.27. The predicted molar refractivity (Wildman–Crippen MR) is 118 cm³/mol. The topological polar surface area (TPSA) is 86.8 Å². The second-order valence-corrected chi connectivity index (χ2v) is 9.79. The third-order valence-corrected chi connectivity index (χ3v) is 7.16. The van der Waals surface area contributed by atoms with E-state index in [1.165, 1.54) is 13.0 Å². The van der Waals surface area contributed by atoms with E-state index < -0.39 is 21.8 Å². The normalized spacial score (nSPS) is 16.1. The third-order valence-electron chi connectivity index (χ3n) is 4.79. The molecule has 30 heavy (non-hydrogen) atoms. The van der Waals surface area contributed by atoms with Gasteiger partial charge in [-0.2, -0.15) is 0 Å². The van der Waals surface area contributed by atoms with Gasteiger partial charge in [0.1, 0.15) is 11.0 Å². The molecular formula is C20H22ClN3O4S2. The second-order valence-electron chi connectivity index (χ2n) is 6.79. The van der Waals surface area contributed by atoms with Crippen LogP contribution in [0.5, 0.6) is 0 Å². The van der Waals surface area contributed by atoms with E-state index >= 15 is 0 Å². The molecule has 160 valence electrons. The molecular weight excluding hydrogens is 446 g/mol. The van der Waals surface area contributed by atoms with Crippen LogP contribution < -0.4 is 4.72 Å². The molecule has 2 unspecified atom stereocenters. The van der Waals surface area contributed by atoms with Crippen LogP contribution in [0.3, 0.4) is 0 Å². The van der Waals surface area contributed by atoms with Crippen molar-refractivity contribution < 1.29 is 18.0 Å². The highest BCUT2D eigenvalue weighted by molar-refractivity contribution is 7.86. The highest BCUT2D eigenvalue weighted by atomic mass is 35.5. The van der Waals surface area contributed by atoms with E-state index in [9.17, 15) is 18.0 Å². The summed E-state index contributed by atoms with van der Waals surface area (Å²) in [7, 11) is -2.70. The molecule has 1 fully saturated rings. The van der Waals surface area contributed by atoms with Crippen LogP contribution in [0.25, 0.3) is 0 Å². The SMILES string of the molecule is CC(=O)N1CCN(C(=O)c2cc(S(=O)Nc3ccc(S(C)=O)cc3)ccc2Cl)CC1. The van der Waals surface area contributed by atoms with E-state index in [-0.39, 0.29) is 22.4 Å². The molecule has 7 nitrogen and oxygen atoms in total. The van der Waals surface area contributed by atoms with Crippen molar-refractivity contribution in [3.8, 4) is 0 Å². The van der Waals surface area contributed by atoms with Gasteiger partial charge in [0.2, 0.25) is 5.91 Å². The van der Waals surface area contributed by atoms with Crippen molar-refractivity contribution >= 4 is 50.9 Å². The molecule has 10 heteroatoms. The van der Waals surface area contributed by atoms with Crippen LogP contribution in [0.15, 0.2) is 52.3 Å². The summed E-state index contributed by atoms with van der Waals surface area (Å²) in [6.07, 6.45) is 1.59. The first-order valence-electron chi connectivity index (χ1n) is 9.22. The van der Waals surface area contributed by atoms with Gasteiger partial charge in [-0.1, -0.05) is 11.6 Å². The van der Waals surface area contributed by atoms with Crippen LogP contribution in [0.2, 0.25) is 5.02 Å². The summed E-state index contributed by atoms with van der Waals surface area (Å²) in [5.74, 6) is -0.265. The summed E-state index contributed by atoms with van der Waals surface area (Å²) in [5, 5.41) is 0.282. The van der Waals surface area contributed by atoms with E-state index in [1.54, 1.807) is 52.5 Å². The molecule has 1 saturated heterocycles. The van der Waals surface area contributed by atoms with Crippen molar-refractivity contribution in [3.05, 3.63) is 53.1 Å². The van der Waals surface area contributed by atoms with E-state index in [4.69, 9.17) is 11.6 Å². The number of hydrogen-bond donors (Lipinski definition) is 1. The van der Waals surface area contributed by atoms with Gasteiger partial charge in [-0.15, -0.1) is 0 Å².